The quantitative estimate of drug-likeness (QED) is 0.516. The van der Waals surface area contributed by atoms with Gasteiger partial charge in [0.25, 0.3) is 0 Å². The SMILES string of the molecule is O=P(c1ccccc1)(c1ccccc1)N(Cl)c1ccccc1. The van der Waals surface area contributed by atoms with Crippen LogP contribution in [0.4, 0.5) is 5.69 Å². The number of rotatable bonds is 4. The molecule has 0 radical (unpaired) electrons. The minimum absolute atomic E-state index is 0.708. The highest BCUT2D eigenvalue weighted by Crippen LogP contribution is 2.51. The Kier molecular flexibility index (Phi) is 4.33. The molecule has 4 heteroatoms. The predicted octanol–water partition coefficient (Wildman–Crippen LogP) is 4.58. The summed E-state index contributed by atoms with van der Waals surface area (Å²) in [5, 5.41) is 1.42. The molecule has 2 nitrogen and oxygen atoms in total. The van der Waals surface area contributed by atoms with Crippen LogP contribution in [0.25, 0.3) is 0 Å². The van der Waals surface area contributed by atoms with E-state index in [-0.39, 0.29) is 0 Å². The summed E-state index contributed by atoms with van der Waals surface area (Å²) in [5.41, 5.74) is 0.709. The fourth-order valence-corrected chi connectivity index (χ4v) is 5.28. The van der Waals surface area contributed by atoms with Gasteiger partial charge in [-0.25, -0.2) is 4.19 Å². The van der Waals surface area contributed by atoms with Crippen LogP contribution in [0, 0.1) is 0 Å². The molecule has 0 saturated heterocycles. The molecule has 110 valence electrons. The molecule has 0 unspecified atom stereocenters. The van der Waals surface area contributed by atoms with Gasteiger partial charge in [0.05, 0.1) is 5.69 Å². The molecule has 0 aliphatic heterocycles. The van der Waals surface area contributed by atoms with Crippen LogP contribution in [0.2, 0.25) is 0 Å². The van der Waals surface area contributed by atoms with Crippen molar-refractivity contribution in [2.24, 2.45) is 0 Å². The third-order valence-corrected chi connectivity index (χ3v) is 6.98. The van der Waals surface area contributed by atoms with Gasteiger partial charge in [-0.1, -0.05) is 54.6 Å². The Hall–Kier alpha value is -2.02. The van der Waals surface area contributed by atoms with E-state index in [1.807, 2.05) is 91.0 Å². The highest BCUT2D eigenvalue weighted by molar-refractivity contribution is 7.81. The van der Waals surface area contributed by atoms with Crippen molar-refractivity contribution >= 4 is 35.4 Å². The first-order valence-electron chi connectivity index (χ1n) is 6.95. The van der Waals surface area contributed by atoms with Crippen molar-refractivity contribution in [3.8, 4) is 0 Å². The standard InChI is InChI=1S/C18H15ClNOP/c19-20(16-10-4-1-5-11-16)22(21,17-12-6-2-7-13-17)18-14-8-3-9-15-18/h1-15H. The molecule has 0 saturated carbocycles. The van der Waals surface area contributed by atoms with Gasteiger partial charge >= 0.3 is 0 Å². The highest BCUT2D eigenvalue weighted by atomic mass is 35.5. The zero-order valence-electron chi connectivity index (χ0n) is 11.8. The van der Waals surface area contributed by atoms with Crippen molar-refractivity contribution < 1.29 is 4.57 Å². The Balaban J connectivity index is 2.18. The van der Waals surface area contributed by atoms with Crippen LogP contribution in [-0.4, -0.2) is 0 Å². The van der Waals surface area contributed by atoms with E-state index < -0.39 is 7.29 Å². The molecule has 3 aromatic rings. The van der Waals surface area contributed by atoms with Gasteiger partial charge in [-0.15, -0.1) is 0 Å². The molecule has 3 rings (SSSR count). The normalized spacial score (nSPS) is 11.1. The number of hydrogen-bond donors (Lipinski definition) is 0. The lowest BCUT2D eigenvalue weighted by atomic mass is 10.3. The minimum Gasteiger partial charge on any atom is -0.289 e. The van der Waals surface area contributed by atoms with E-state index in [0.29, 0.717) is 16.3 Å². The molecular weight excluding hydrogens is 313 g/mol. The van der Waals surface area contributed by atoms with E-state index in [2.05, 4.69) is 0 Å². The number of benzene rings is 3. The first-order chi connectivity index (χ1) is 10.7. The van der Waals surface area contributed by atoms with Crippen molar-refractivity contribution in [1.29, 1.82) is 0 Å². The number of hydrogen-bond acceptors (Lipinski definition) is 1. The van der Waals surface area contributed by atoms with E-state index in [1.54, 1.807) is 0 Å². The van der Waals surface area contributed by atoms with Gasteiger partial charge in [-0.3, -0.25) is 4.57 Å². The fourth-order valence-electron chi connectivity index (χ4n) is 2.33. The summed E-state index contributed by atoms with van der Waals surface area (Å²) in [6.45, 7) is 0. The maximum absolute atomic E-state index is 13.9. The predicted molar refractivity (Wildman–Crippen MR) is 94.5 cm³/mol. The molecule has 0 amide bonds. The minimum atomic E-state index is -3.14. The zero-order chi connectivity index (χ0) is 15.4. The van der Waals surface area contributed by atoms with Gasteiger partial charge in [0, 0.05) is 22.4 Å². The van der Waals surface area contributed by atoms with Crippen molar-refractivity contribution in [1.82, 2.24) is 0 Å². The topological polar surface area (TPSA) is 20.3 Å². The van der Waals surface area contributed by atoms with Gasteiger partial charge in [0.2, 0.25) is 7.29 Å². The van der Waals surface area contributed by atoms with Crippen LogP contribution in [0.1, 0.15) is 0 Å². The van der Waals surface area contributed by atoms with Crippen LogP contribution in [0.5, 0.6) is 0 Å². The van der Waals surface area contributed by atoms with Crippen molar-refractivity contribution in [2.45, 2.75) is 0 Å². The molecule has 0 fully saturated rings. The second-order valence-electron chi connectivity index (χ2n) is 4.84. The lowest BCUT2D eigenvalue weighted by Crippen LogP contribution is -2.26. The third-order valence-electron chi connectivity index (χ3n) is 3.43. The molecule has 0 bridgehead atoms. The van der Waals surface area contributed by atoms with Gasteiger partial charge in [-0.05, 0) is 36.4 Å². The van der Waals surface area contributed by atoms with E-state index in [4.69, 9.17) is 11.8 Å². The van der Waals surface area contributed by atoms with E-state index >= 15 is 0 Å². The smallest absolute Gasteiger partial charge is 0.243 e. The van der Waals surface area contributed by atoms with Crippen LogP contribution < -0.4 is 14.8 Å². The largest absolute Gasteiger partial charge is 0.289 e. The molecule has 0 aliphatic carbocycles. The summed E-state index contributed by atoms with van der Waals surface area (Å²) in [5.74, 6) is 0. The molecule has 3 aromatic carbocycles. The third kappa shape index (κ3) is 2.68. The van der Waals surface area contributed by atoms with Crippen LogP contribution in [-0.2, 0) is 4.57 Å². The Labute approximate surface area is 135 Å². The van der Waals surface area contributed by atoms with Crippen LogP contribution in [0.15, 0.2) is 91.0 Å². The Morgan fingerprint density at radius 2 is 1.00 bits per heavy atom. The van der Waals surface area contributed by atoms with E-state index in [0.717, 1.165) is 0 Å². The first kappa shape index (κ1) is 14.9. The zero-order valence-corrected chi connectivity index (χ0v) is 13.5. The number of anilines is 1. The molecule has 0 aliphatic rings. The van der Waals surface area contributed by atoms with E-state index in [9.17, 15) is 4.57 Å². The second kappa shape index (κ2) is 6.39. The summed E-state index contributed by atoms with van der Waals surface area (Å²) in [6, 6.07) is 28.1. The molecule has 0 aromatic heterocycles. The summed E-state index contributed by atoms with van der Waals surface area (Å²) in [7, 11) is -3.14. The molecule has 0 N–H and O–H groups in total. The summed E-state index contributed by atoms with van der Waals surface area (Å²) in [4.78, 5) is 0. The van der Waals surface area contributed by atoms with Crippen molar-refractivity contribution in [2.75, 3.05) is 4.19 Å². The maximum atomic E-state index is 13.9. The van der Waals surface area contributed by atoms with Gasteiger partial charge in [0.15, 0.2) is 0 Å². The number of nitrogens with zero attached hydrogens (tertiary/aromatic N) is 1. The van der Waals surface area contributed by atoms with Gasteiger partial charge < -0.3 is 0 Å². The molecule has 0 heterocycles. The van der Waals surface area contributed by atoms with Crippen LogP contribution in [0.3, 0.4) is 0 Å². The summed E-state index contributed by atoms with van der Waals surface area (Å²) >= 11 is 6.55. The van der Waals surface area contributed by atoms with Gasteiger partial charge in [-0.2, -0.15) is 0 Å². The molecule has 22 heavy (non-hydrogen) atoms. The molecular formula is C18H15ClNOP. The summed E-state index contributed by atoms with van der Waals surface area (Å²) in [6.07, 6.45) is 0. The average molecular weight is 328 g/mol. The van der Waals surface area contributed by atoms with Gasteiger partial charge in [0.1, 0.15) is 0 Å². The van der Waals surface area contributed by atoms with E-state index in [1.165, 1.54) is 4.19 Å². The number of para-hydroxylation sites is 1. The van der Waals surface area contributed by atoms with Crippen molar-refractivity contribution in [3.63, 3.8) is 0 Å². The highest BCUT2D eigenvalue weighted by Gasteiger charge is 2.34. The Morgan fingerprint density at radius 3 is 1.41 bits per heavy atom. The maximum Gasteiger partial charge on any atom is 0.243 e. The Bertz CT molecular complexity index is 734. The lowest BCUT2D eigenvalue weighted by Gasteiger charge is -2.28. The average Bonchev–Trinajstić information content (AvgIpc) is 2.62. The monoisotopic (exact) mass is 327 g/mol. The second-order valence-corrected chi connectivity index (χ2v) is 8.00. The lowest BCUT2D eigenvalue weighted by molar-refractivity contribution is 0.588. The van der Waals surface area contributed by atoms with Crippen LogP contribution >= 0.6 is 19.1 Å². The fraction of sp³-hybridized carbons (Fsp3) is 0. The molecule has 0 spiro atoms. The number of halogens is 1. The summed E-state index contributed by atoms with van der Waals surface area (Å²) < 4.78 is 15.3. The van der Waals surface area contributed by atoms with Crippen molar-refractivity contribution in [3.05, 3.63) is 91.0 Å². The first-order valence-corrected chi connectivity index (χ1v) is 8.95. The Morgan fingerprint density at radius 1 is 0.636 bits per heavy atom. The molecule has 0 atom stereocenters.